The van der Waals surface area contributed by atoms with E-state index >= 15 is 0 Å². The lowest BCUT2D eigenvalue weighted by Crippen LogP contribution is -2.10. The van der Waals surface area contributed by atoms with Crippen LogP contribution < -0.4 is 10.1 Å². The summed E-state index contributed by atoms with van der Waals surface area (Å²) in [5.41, 5.74) is 2.10. The van der Waals surface area contributed by atoms with Gasteiger partial charge in [0.2, 0.25) is 0 Å². The maximum Gasteiger partial charge on any atom is 0.169 e. The van der Waals surface area contributed by atoms with E-state index in [1.165, 1.54) is 0 Å². The third-order valence-electron chi connectivity index (χ3n) is 3.07. The summed E-state index contributed by atoms with van der Waals surface area (Å²) in [5, 5.41) is 3.41. The van der Waals surface area contributed by atoms with Gasteiger partial charge in [-0.1, -0.05) is 6.07 Å². The zero-order valence-corrected chi connectivity index (χ0v) is 14.1. The zero-order valence-electron chi connectivity index (χ0n) is 12.5. The van der Waals surface area contributed by atoms with Crippen LogP contribution in [-0.2, 0) is 4.74 Å². The molecular weight excluding hydrogens is 334 g/mol. The number of aryl methyl sites for hydroxylation is 1. The number of ether oxygens (including phenoxy) is 2. The lowest BCUT2D eigenvalue weighted by molar-refractivity contribution is 0.146. The number of hydrogen-bond donors (Lipinski definition) is 1. The molecule has 1 unspecified atom stereocenters. The highest BCUT2D eigenvalue weighted by Gasteiger charge is 2.12. The third kappa shape index (κ3) is 4.51. The van der Waals surface area contributed by atoms with Gasteiger partial charge in [-0.05, 0) is 59.6 Å². The molecule has 0 spiro atoms. The highest BCUT2D eigenvalue weighted by atomic mass is 79.9. The van der Waals surface area contributed by atoms with Crippen molar-refractivity contribution in [2.24, 2.45) is 0 Å². The van der Waals surface area contributed by atoms with E-state index in [4.69, 9.17) is 13.9 Å². The van der Waals surface area contributed by atoms with Crippen molar-refractivity contribution in [2.75, 3.05) is 25.6 Å². The minimum atomic E-state index is 0.0452. The van der Waals surface area contributed by atoms with Gasteiger partial charge in [-0.25, -0.2) is 0 Å². The van der Waals surface area contributed by atoms with Crippen LogP contribution in [0.4, 0.5) is 5.69 Å². The van der Waals surface area contributed by atoms with Gasteiger partial charge in [0.25, 0.3) is 0 Å². The van der Waals surface area contributed by atoms with Gasteiger partial charge in [-0.15, -0.1) is 0 Å². The molecule has 1 aromatic heterocycles. The van der Waals surface area contributed by atoms with Crippen molar-refractivity contribution in [1.29, 1.82) is 0 Å². The van der Waals surface area contributed by atoms with Crippen LogP contribution in [0.25, 0.3) is 0 Å². The van der Waals surface area contributed by atoms with E-state index in [0.29, 0.717) is 13.2 Å². The van der Waals surface area contributed by atoms with Crippen LogP contribution in [-0.4, -0.2) is 20.3 Å². The quantitative estimate of drug-likeness (QED) is 0.741. The smallest absolute Gasteiger partial charge is 0.169 e. The Labute approximate surface area is 133 Å². The molecule has 0 saturated heterocycles. The molecule has 0 saturated carbocycles. The summed E-state index contributed by atoms with van der Waals surface area (Å²) in [4.78, 5) is 0. The van der Waals surface area contributed by atoms with Gasteiger partial charge in [-0.3, -0.25) is 0 Å². The molecule has 0 bridgehead atoms. The van der Waals surface area contributed by atoms with Gasteiger partial charge in [0.05, 0.1) is 18.3 Å². The molecular formula is C16H20BrNO3. The van der Waals surface area contributed by atoms with Crippen molar-refractivity contribution in [2.45, 2.75) is 19.9 Å². The zero-order chi connectivity index (χ0) is 15.2. The highest BCUT2D eigenvalue weighted by Crippen LogP contribution is 2.30. The summed E-state index contributed by atoms with van der Waals surface area (Å²) in [6.07, 6.45) is 0. The second kappa shape index (κ2) is 7.52. The Hall–Kier alpha value is -1.46. The molecule has 0 fully saturated rings. The number of anilines is 1. The van der Waals surface area contributed by atoms with Gasteiger partial charge in [0, 0.05) is 7.11 Å². The molecule has 0 aliphatic heterocycles. The fourth-order valence-electron chi connectivity index (χ4n) is 1.97. The molecule has 0 radical (unpaired) electrons. The van der Waals surface area contributed by atoms with Crippen LogP contribution in [0.3, 0.4) is 0 Å². The Bertz CT molecular complexity index is 583. The monoisotopic (exact) mass is 353 g/mol. The number of halogens is 1. The van der Waals surface area contributed by atoms with Crippen molar-refractivity contribution in [3.05, 3.63) is 46.3 Å². The first-order chi connectivity index (χ1) is 10.1. The summed E-state index contributed by atoms with van der Waals surface area (Å²) in [6, 6.07) is 9.97. The second-order valence-electron chi connectivity index (χ2n) is 4.85. The number of nitrogens with one attached hydrogen (secondary N) is 1. The fraction of sp³-hybridized carbons (Fsp3) is 0.375. The van der Waals surface area contributed by atoms with E-state index in [9.17, 15) is 0 Å². The molecule has 1 N–H and O–H groups in total. The Morgan fingerprint density at radius 2 is 2.05 bits per heavy atom. The predicted molar refractivity (Wildman–Crippen MR) is 87.0 cm³/mol. The van der Waals surface area contributed by atoms with Crippen molar-refractivity contribution >= 4 is 21.6 Å². The van der Waals surface area contributed by atoms with Gasteiger partial charge in [-0.2, -0.15) is 0 Å². The van der Waals surface area contributed by atoms with Crippen LogP contribution in [0.15, 0.2) is 39.4 Å². The van der Waals surface area contributed by atoms with Crippen molar-refractivity contribution in [3.63, 3.8) is 0 Å². The van der Waals surface area contributed by atoms with Crippen LogP contribution in [0.2, 0.25) is 0 Å². The Balaban J connectivity index is 2.10. The minimum absolute atomic E-state index is 0.0452. The van der Waals surface area contributed by atoms with Crippen LogP contribution in [0.5, 0.6) is 5.75 Å². The van der Waals surface area contributed by atoms with Gasteiger partial charge < -0.3 is 19.2 Å². The number of furan rings is 1. The van der Waals surface area contributed by atoms with Crippen molar-refractivity contribution < 1.29 is 13.9 Å². The number of methoxy groups -OCH3 is 1. The second-order valence-corrected chi connectivity index (χ2v) is 5.63. The Morgan fingerprint density at radius 1 is 1.24 bits per heavy atom. The standard InChI is InChI=1S/C16H20BrNO3/c1-11-4-5-13(15(10-11)20-9-8-19-3)18-12(2)14-6-7-16(17)21-14/h4-7,10,12,18H,8-9H2,1-3H3. The third-order valence-corrected chi connectivity index (χ3v) is 3.50. The molecule has 21 heavy (non-hydrogen) atoms. The summed E-state index contributed by atoms with van der Waals surface area (Å²) < 4.78 is 17.1. The Morgan fingerprint density at radius 3 is 2.71 bits per heavy atom. The summed E-state index contributed by atoms with van der Waals surface area (Å²) >= 11 is 3.32. The molecule has 4 nitrogen and oxygen atoms in total. The number of rotatable bonds is 7. The largest absolute Gasteiger partial charge is 0.489 e. The number of hydrogen-bond acceptors (Lipinski definition) is 4. The maximum atomic E-state index is 5.77. The van der Waals surface area contributed by atoms with Gasteiger partial charge in [0.1, 0.15) is 18.1 Å². The molecule has 2 rings (SSSR count). The number of benzene rings is 1. The first-order valence-electron chi connectivity index (χ1n) is 6.84. The first-order valence-corrected chi connectivity index (χ1v) is 7.63. The van der Waals surface area contributed by atoms with Gasteiger partial charge in [0.15, 0.2) is 4.67 Å². The predicted octanol–water partition coefficient (Wildman–Crippen LogP) is 4.55. The fourth-order valence-corrected chi connectivity index (χ4v) is 2.29. The molecule has 1 aromatic carbocycles. The lowest BCUT2D eigenvalue weighted by Gasteiger charge is -2.17. The maximum absolute atomic E-state index is 5.77. The van der Waals surface area contributed by atoms with E-state index in [1.54, 1.807) is 7.11 Å². The van der Waals surface area contributed by atoms with E-state index in [0.717, 1.165) is 27.4 Å². The topological polar surface area (TPSA) is 43.6 Å². The van der Waals surface area contributed by atoms with Crippen LogP contribution >= 0.6 is 15.9 Å². The van der Waals surface area contributed by atoms with E-state index < -0.39 is 0 Å². The Kier molecular flexibility index (Phi) is 5.70. The van der Waals surface area contributed by atoms with Crippen molar-refractivity contribution in [3.8, 4) is 5.75 Å². The molecule has 0 amide bonds. The summed E-state index contributed by atoms with van der Waals surface area (Å²) in [7, 11) is 1.66. The summed E-state index contributed by atoms with van der Waals surface area (Å²) in [6.45, 7) is 5.17. The van der Waals surface area contributed by atoms with Crippen LogP contribution in [0.1, 0.15) is 24.3 Å². The summed E-state index contributed by atoms with van der Waals surface area (Å²) in [5.74, 6) is 1.69. The van der Waals surface area contributed by atoms with Crippen LogP contribution in [0, 0.1) is 6.92 Å². The molecule has 0 aliphatic rings. The van der Waals surface area contributed by atoms with Gasteiger partial charge >= 0.3 is 0 Å². The molecule has 1 atom stereocenters. The van der Waals surface area contributed by atoms with Crippen molar-refractivity contribution in [1.82, 2.24) is 0 Å². The molecule has 2 aromatic rings. The normalized spacial score (nSPS) is 12.2. The average molecular weight is 354 g/mol. The SMILES string of the molecule is COCCOc1cc(C)ccc1NC(C)c1ccc(Br)o1. The molecule has 0 aliphatic carbocycles. The molecule has 1 heterocycles. The molecule has 5 heteroatoms. The highest BCUT2D eigenvalue weighted by molar-refractivity contribution is 9.10. The average Bonchev–Trinajstić information content (AvgIpc) is 2.88. The lowest BCUT2D eigenvalue weighted by atomic mass is 10.2. The van der Waals surface area contributed by atoms with E-state index in [1.807, 2.05) is 38.1 Å². The minimum Gasteiger partial charge on any atom is -0.489 e. The molecule has 114 valence electrons. The van der Waals surface area contributed by atoms with E-state index in [-0.39, 0.29) is 6.04 Å². The first kappa shape index (κ1) is 15.9. The van der Waals surface area contributed by atoms with E-state index in [2.05, 4.69) is 27.3 Å².